The summed E-state index contributed by atoms with van der Waals surface area (Å²) in [6, 6.07) is 14.3. The quantitative estimate of drug-likeness (QED) is 0.290. The molecule has 2 aromatic heterocycles. The second-order valence-corrected chi connectivity index (χ2v) is 11.3. The minimum atomic E-state index is -0.959. The fourth-order valence-corrected chi connectivity index (χ4v) is 6.24. The second kappa shape index (κ2) is 10.2. The van der Waals surface area contributed by atoms with E-state index < -0.39 is 11.5 Å². The van der Waals surface area contributed by atoms with Gasteiger partial charge in [-0.15, -0.1) is 0 Å². The van der Waals surface area contributed by atoms with Gasteiger partial charge in [0.05, 0.1) is 19.3 Å². The van der Waals surface area contributed by atoms with Gasteiger partial charge in [0, 0.05) is 22.0 Å². The largest absolute Gasteiger partial charge is 0.491 e. The molecule has 0 spiro atoms. The summed E-state index contributed by atoms with van der Waals surface area (Å²) in [5.74, 6) is 1.16. The number of carbonyl (C=O) groups is 2. The third kappa shape index (κ3) is 4.45. The lowest BCUT2D eigenvalue weighted by molar-refractivity contribution is 0.0592. The molecule has 2 aliphatic rings. The Hall–Kier alpha value is -4.07. The first-order valence-corrected chi connectivity index (χ1v) is 14.1. The van der Waals surface area contributed by atoms with Gasteiger partial charge >= 0.3 is 5.97 Å². The van der Waals surface area contributed by atoms with Crippen molar-refractivity contribution < 1.29 is 23.5 Å². The van der Waals surface area contributed by atoms with E-state index in [1.165, 1.54) is 55.9 Å². The zero-order valence-corrected chi connectivity index (χ0v) is 23.5. The standard InChI is InChI=1S/C32H35N3O5/c1-19-27(30(37)38-4)33-31(40-19)32(2,3)34-29(36)21-14-15-22-24(18-21)35-16-17-39-25-13-9-8-12-23(25)28(35)26(22)20-10-6-5-7-11-20/h8-9,12-15,18,20H,5-7,10-11,16-17H2,1-4H3,(H,34,36). The van der Waals surface area contributed by atoms with Gasteiger partial charge in [-0.25, -0.2) is 9.78 Å². The Bertz CT molecular complexity index is 1610. The van der Waals surface area contributed by atoms with Crippen molar-refractivity contribution in [2.45, 2.75) is 70.9 Å². The molecule has 0 radical (unpaired) electrons. The van der Waals surface area contributed by atoms with Gasteiger partial charge in [0.2, 0.25) is 5.89 Å². The zero-order chi connectivity index (χ0) is 28.0. The maximum Gasteiger partial charge on any atom is 0.360 e. The molecule has 1 N–H and O–H groups in total. The summed E-state index contributed by atoms with van der Waals surface area (Å²) in [5, 5.41) is 4.26. The van der Waals surface area contributed by atoms with Crippen LogP contribution < -0.4 is 10.1 Å². The van der Waals surface area contributed by atoms with Crippen LogP contribution in [-0.4, -0.2) is 35.1 Å². The average Bonchev–Trinajstić information content (AvgIpc) is 3.45. The lowest BCUT2D eigenvalue weighted by Gasteiger charge is -2.23. The van der Waals surface area contributed by atoms with Crippen molar-refractivity contribution in [1.29, 1.82) is 0 Å². The Kier molecular flexibility index (Phi) is 6.64. The smallest absolute Gasteiger partial charge is 0.360 e. The monoisotopic (exact) mass is 541 g/mol. The Morgan fingerprint density at radius 2 is 1.88 bits per heavy atom. The molecule has 40 heavy (non-hydrogen) atoms. The highest BCUT2D eigenvalue weighted by molar-refractivity contribution is 6.01. The maximum absolute atomic E-state index is 13.6. The Labute approximate surface area is 233 Å². The molecule has 3 heterocycles. The number of ether oxygens (including phenoxy) is 2. The number of esters is 1. The summed E-state index contributed by atoms with van der Waals surface area (Å²) in [4.78, 5) is 29.9. The summed E-state index contributed by atoms with van der Waals surface area (Å²) in [6.07, 6.45) is 6.11. The first-order chi connectivity index (χ1) is 19.3. The molecule has 208 valence electrons. The lowest BCUT2D eigenvalue weighted by atomic mass is 9.81. The molecule has 0 saturated heterocycles. The molecule has 2 aromatic carbocycles. The highest BCUT2D eigenvalue weighted by Gasteiger charge is 2.33. The average molecular weight is 542 g/mol. The highest BCUT2D eigenvalue weighted by Crippen LogP contribution is 2.47. The summed E-state index contributed by atoms with van der Waals surface area (Å²) in [5.41, 5.74) is 4.45. The molecule has 6 rings (SSSR count). The number of aromatic nitrogens is 2. The molecule has 4 aromatic rings. The van der Waals surface area contributed by atoms with E-state index in [0.29, 0.717) is 30.4 Å². The van der Waals surface area contributed by atoms with Crippen molar-refractivity contribution in [1.82, 2.24) is 14.9 Å². The molecule has 1 aliphatic carbocycles. The van der Waals surface area contributed by atoms with Crippen LogP contribution in [0.15, 0.2) is 46.9 Å². The van der Waals surface area contributed by atoms with Crippen molar-refractivity contribution in [2.24, 2.45) is 0 Å². The van der Waals surface area contributed by atoms with Crippen molar-refractivity contribution in [3.63, 3.8) is 0 Å². The van der Waals surface area contributed by atoms with Crippen LogP contribution in [0, 0.1) is 6.92 Å². The van der Waals surface area contributed by atoms with Gasteiger partial charge in [0.25, 0.3) is 5.91 Å². The Balaban J connectivity index is 1.41. The number of nitrogens with zero attached hydrogens (tertiary/aromatic N) is 2. The normalized spacial score (nSPS) is 15.6. The zero-order valence-electron chi connectivity index (χ0n) is 23.5. The number of benzene rings is 2. The third-order valence-electron chi connectivity index (χ3n) is 8.23. The van der Waals surface area contributed by atoms with Crippen LogP contribution in [0.25, 0.3) is 22.2 Å². The molecule has 8 heteroatoms. The van der Waals surface area contributed by atoms with Crippen LogP contribution in [0.4, 0.5) is 0 Å². The van der Waals surface area contributed by atoms with Gasteiger partial charge in [0.15, 0.2) is 5.69 Å². The van der Waals surface area contributed by atoms with Crippen molar-refractivity contribution in [3.05, 3.63) is 70.9 Å². The van der Waals surface area contributed by atoms with Crippen molar-refractivity contribution in [3.8, 4) is 17.0 Å². The van der Waals surface area contributed by atoms with Gasteiger partial charge in [-0.1, -0.05) is 37.5 Å². The van der Waals surface area contributed by atoms with E-state index in [-0.39, 0.29) is 17.5 Å². The van der Waals surface area contributed by atoms with Crippen LogP contribution >= 0.6 is 0 Å². The van der Waals surface area contributed by atoms with Crippen molar-refractivity contribution >= 4 is 22.8 Å². The number of para-hydroxylation sites is 1. The number of nitrogens with one attached hydrogen (secondary N) is 1. The predicted octanol–water partition coefficient (Wildman–Crippen LogP) is 6.50. The number of hydrogen-bond donors (Lipinski definition) is 1. The third-order valence-corrected chi connectivity index (χ3v) is 8.23. The Morgan fingerprint density at radius 3 is 2.65 bits per heavy atom. The predicted molar refractivity (Wildman–Crippen MR) is 152 cm³/mol. The molecule has 1 saturated carbocycles. The molecule has 1 amide bonds. The highest BCUT2D eigenvalue weighted by atomic mass is 16.5. The van der Waals surface area contributed by atoms with E-state index in [1.54, 1.807) is 20.8 Å². The van der Waals surface area contributed by atoms with E-state index in [2.05, 4.69) is 33.1 Å². The van der Waals surface area contributed by atoms with Gasteiger partial charge in [-0.05, 0) is 69.4 Å². The summed E-state index contributed by atoms with van der Waals surface area (Å²) >= 11 is 0. The van der Waals surface area contributed by atoms with Gasteiger partial charge in [-0.3, -0.25) is 4.79 Å². The molecule has 1 aliphatic heterocycles. The number of methoxy groups -OCH3 is 1. The van der Waals surface area contributed by atoms with E-state index in [0.717, 1.165) is 16.8 Å². The molecule has 0 bridgehead atoms. The van der Waals surface area contributed by atoms with Crippen molar-refractivity contribution in [2.75, 3.05) is 13.7 Å². The summed E-state index contributed by atoms with van der Waals surface area (Å²) in [7, 11) is 1.30. The maximum atomic E-state index is 13.6. The van der Waals surface area contributed by atoms with Crippen LogP contribution in [0.5, 0.6) is 5.75 Å². The van der Waals surface area contributed by atoms with Crippen LogP contribution in [0.1, 0.15) is 89.9 Å². The Morgan fingerprint density at radius 1 is 1.10 bits per heavy atom. The first kappa shape index (κ1) is 26.2. The molecular formula is C32H35N3O5. The molecular weight excluding hydrogens is 506 g/mol. The molecule has 0 atom stereocenters. The number of carbonyl (C=O) groups excluding carboxylic acids is 2. The topological polar surface area (TPSA) is 95.6 Å². The van der Waals surface area contributed by atoms with E-state index in [1.807, 2.05) is 24.3 Å². The van der Waals surface area contributed by atoms with E-state index in [4.69, 9.17) is 13.9 Å². The number of fused-ring (bicyclic) bond motifs is 5. The van der Waals surface area contributed by atoms with Crippen LogP contribution in [-0.2, 0) is 16.8 Å². The van der Waals surface area contributed by atoms with Crippen LogP contribution in [0.3, 0.4) is 0 Å². The first-order valence-electron chi connectivity index (χ1n) is 14.1. The molecule has 0 unspecified atom stereocenters. The molecule has 8 nitrogen and oxygen atoms in total. The van der Waals surface area contributed by atoms with E-state index >= 15 is 0 Å². The number of amides is 1. The van der Waals surface area contributed by atoms with E-state index in [9.17, 15) is 9.59 Å². The van der Waals surface area contributed by atoms with Gasteiger partial charge < -0.3 is 23.8 Å². The summed E-state index contributed by atoms with van der Waals surface area (Å²) in [6.45, 7) is 6.52. The fourth-order valence-electron chi connectivity index (χ4n) is 6.24. The summed E-state index contributed by atoms with van der Waals surface area (Å²) < 4.78 is 19.1. The van der Waals surface area contributed by atoms with Crippen LogP contribution in [0.2, 0.25) is 0 Å². The number of rotatable bonds is 5. The second-order valence-electron chi connectivity index (χ2n) is 11.3. The SMILES string of the molecule is COC(=O)c1nc(C(C)(C)NC(=O)c2ccc3c(C4CCCCC4)c4n(c3c2)CCOc2ccccc2-4)oc1C. The minimum absolute atomic E-state index is 0.106. The number of hydrogen-bond acceptors (Lipinski definition) is 6. The van der Waals surface area contributed by atoms with Gasteiger partial charge in [0.1, 0.15) is 23.7 Å². The molecule has 1 fully saturated rings. The minimum Gasteiger partial charge on any atom is -0.491 e. The fraction of sp³-hybridized carbons (Fsp3) is 0.406. The lowest BCUT2D eigenvalue weighted by Crippen LogP contribution is -2.41. The number of oxazole rings is 1. The van der Waals surface area contributed by atoms with Gasteiger partial charge in [-0.2, -0.15) is 0 Å². The number of aryl methyl sites for hydroxylation is 1.